The summed E-state index contributed by atoms with van der Waals surface area (Å²) in [5.74, 6) is -1.01. The Balaban J connectivity index is 1.83. The van der Waals surface area contributed by atoms with Crippen molar-refractivity contribution in [1.82, 2.24) is 0 Å². The number of amides is 1. The van der Waals surface area contributed by atoms with E-state index in [-0.39, 0.29) is 0 Å². The van der Waals surface area contributed by atoms with Gasteiger partial charge in [-0.05, 0) is 30.7 Å². The molecule has 2 aromatic rings. The minimum Gasteiger partial charge on any atom is -0.370 e. The first-order chi connectivity index (χ1) is 10.0. The number of Topliss-reactive ketones (excluding diaryl/α,β-unsaturated/α-hetero) is 1. The highest BCUT2D eigenvalue weighted by atomic mass is 16.2. The smallest absolute Gasteiger partial charge is 0.296 e. The van der Waals surface area contributed by atoms with Crippen molar-refractivity contribution in [2.75, 3.05) is 17.3 Å². The van der Waals surface area contributed by atoms with Crippen molar-refractivity contribution in [3.05, 3.63) is 59.2 Å². The van der Waals surface area contributed by atoms with Crippen molar-refractivity contribution in [3.63, 3.8) is 0 Å². The number of carbonyl (C=O) groups is 2. The molecule has 106 valence electrons. The van der Waals surface area contributed by atoms with Gasteiger partial charge < -0.3 is 10.2 Å². The van der Waals surface area contributed by atoms with E-state index in [9.17, 15) is 9.59 Å². The molecule has 21 heavy (non-hydrogen) atoms. The maximum Gasteiger partial charge on any atom is 0.296 e. The number of nitrogens with one attached hydrogen (secondary N) is 1. The molecule has 3 rings (SSSR count). The summed E-state index contributed by atoms with van der Waals surface area (Å²) in [6.45, 7) is 2.84. The predicted molar refractivity (Wildman–Crippen MR) is 82.7 cm³/mol. The number of rotatable bonds is 3. The minimum atomic E-state index is -0.552. The second kappa shape index (κ2) is 5.05. The van der Waals surface area contributed by atoms with Crippen LogP contribution in [0.15, 0.2) is 42.5 Å². The van der Waals surface area contributed by atoms with E-state index in [0.717, 1.165) is 12.2 Å². The zero-order valence-electron chi connectivity index (χ0n) is 12.0. The zero-order chi connectivity index (χ0) is 15.0. The number of fused-ring (bicyclic) bond motifs is 1. The van der Waals surface area contributed by atoms with Crippen LogP contribution in [0.4, 0.5) is 11.4 Å². The Hall–Kier alpha value is -2.62. The van der Waals surface area contributed by atoms with Gasteiger partial charge in [-0.2, -0.15) is 0 Å². The highest BCUT2D eigenvalue weighted by Crippen LogP contribution is 2.28. The quantitative estimate of drug-likeness (QED) is 0.879. The first kappa shape index (κ1) is 13.4. The number of hydrogen-bond acceptors (Lipinski definition) is 3. The normalized spacial score (nSPS) is 13.0. The van der Waals surface area contributed by atoms with Gasteiger partial charge >= 0.3 is 0 Å². The fraction of sp³-hybridized carbons (Fsp3) is 0.176. The monoisotopic (exact) mass is 280 g/mol. The second-order valence-corrected chi connectivity index (χ2v) is 5.36. The molecular weight excluding hydrogens is 264 g/mol. The van der Waals surface area contributed by atoms with E-state index < -0.39 is 11.7 Å². The van der Waals surface area contributed by atoms with E-state index in [4.69, 9.17) is 0 Å². The van der Waals surface area contributed by atoms with Crippen LogP contribution in [0.2, 0.25) is 0 Å². The van der Waals surface area contributed by atoms with E-state index in [1.165, 1.54) is 11.1 Å². The summed E-state index contributed by atoms with van der Waals surface area (Å²) in [6.07, 6.45) is 0. The summed E-state index contributed by atoms with van der Waals surface area (Å²) >= 11 is 0. The zero-order valence-corrected chi connectivity index (χ0v) is 12.0. The number of carbonyl (C=O) groups excluding carboxylic acids is 2. The Kier molecular flexibility index (Phi) is 3.22. The molecule has 0 unspecified atom stereocenters. The van der Waals surface area contributed by atoms with Crippen molar-refractivity contribution in [3.8, 4) is 0 Å². The molecule has 2 aromatic carbocycles. The average molecular weight is 280 g/mol. The topological polar surface area (TPSA) is 49.4 Å². The Labute approximate surface area is 123 Å². The lowest BCUT2D eigenvalue weighted by atomic mass is 10.1. The van der Waals surface area contributed by atoms with Crippen LogP contribution in [-0.2, 0) is 11.3 Å². The van der Waals surface area contributed by atoms with Crippen molar-refractivity contribution >= 4 is 23.1 Å². The lowest BCUT2D eigenvalue weighted by Crippen LogP contribution is -2.16. The van der Waals surface area contributed by atoms with Crippen LogP contribution >= 0.6 is 0 Å². The van der Waals surface area contributed by atoms with E-state index in [0.29, 0.717) is 11.3 Å². The van der Waals surface area contributed by atoms with Crippen LogP contribution < -0.4 is 10.2 Å². The predicted octanol–water partition coefficient (Wildman–Crippen LogP) is 2.77. The fourth-order valence-electron chi connectivity index (χ4n) is 2.55. The van der Waals surface area contributed by atoms with Crippen LogP contribution in [0.5, 0.6) is 0 Å². The minimum absolute atomic E-state index is 0.452. The van der Waals surface area contributed by atoms with Gasteiger partial charge in [0.05, 0.1) is 11.3 Å². The van der Waals surface area contributed by atoms with Gasteiger partial charge in [-0.25, -0.2) is 0 Å². The van der Waals surface area contributed by atoms with Crippen molar-refractivity contribution in [2.24, 2.45) is 0 Å². The highest BCUT2D eigenvalue weighted by Gasteiger charge is 2.28. The number of hydrogen-bond donors (Lipinski definition) is 1. The Morgan fingerprint density at radius 1 is 1.10 bits per heavy atom. The van der Waals surface area contributed by atoms with E-state index >= 15 is 0 Å². The molecule has 1 N–H and O–H groups in total. The summed E-state index contributed by atoms with van der Waals surface area (Å²) in [7, 11) is 1.99. The van der Waals surface area contributed by atoms with Crippen molar-refractivity contribution in [2.45, 2.75) is 13.5 Å². The molecule has 4 nitrogen and oxygen atoms in total. The van der Waals surface area contributed by atoms with Crippen LogP contribution in [0.1, 0.15) is 21.5 Å². The Morgan fingerprint density at radius 2 is 1.90 bits per heavy atom. The fourth-order valence-corrected chi connectivity index (χ4v) is 2.55. The number of anilines is 2. The molecule has 1 aliphatic heterocycles. The molecule has 1 aliphatic rings. The first-order valence-electron chi connectivity index (χ1n) is 6.81. The molecule has 0 fully saturated rings. The van der Waals surface area contributed by atoms with Gasteiger partial charge in [0, 0.05) is 19.3 Å². The SMILES string of the molecule is Cc1cccc(CN(C)c2ccc3c(c2)NC(=O)C3=O)c1. The molecule has 0 aromatic heterocycles. The van der Waals surface area contributed by atoms with Gasteiger partial charge in [-0.1, -0.05) is 29.8 Å². The molecule has 0 bridgehead atoms. The van der Waals surface area contributed by atoms with Gasteiger partial charge in [0.25, 0.3) is 11.7 Å². The molecule has 0 saturated carbocycles. The summed E-state index contributed by atoms with van der Waals surface area (Å²) in [5.41, 5.74) is 4.46. The highest BCUT2D eigenvalue weighted by molar-refractivity contribution is 6.51. The summed E-state index contributed by atoms with van der Waals surface area (Å²) < 4.78 is 0. The summed E-state index contributed by atoms with van der Waals surface area (Å²) in [5, 5.41) is 2.60. The molecule has 1 heterocycles. The Morgan fingerprint density at radius 3 is 2.67 bits per heavy atom. The number of ketones is 1. The second-order valence-electron chi connectivity index (χ2n) is 5.36. The summed E-state index contributed by atoms with van der Waals surface area (Å²) in [6, 6.07) is 13.8. The van der Waals surface area contributed by atoms with E-state index in [2.05, 4.69) is 35.3 Å². The lowest BCUT2D eigenvalue weighted by Gasteiger charge is -2.20. The maximum atomic E-state index is 11.6. The number of benzene rings is 2. The van der Waals surface area contributed by atoms with Gasteiger partial charge in [-0.3, -0.25) is 9.59 Å². The standard InChI is InChI=1S/C17H16N2O2/c1-11-4-3-5-12(8-11)10-19(2)13-6-7-14-15(9-13)18-17(21)16(14)20/h3-9H,10H2,1-2H3,(H,18,20,21). The molecule has 0 atom stereocenters. The molecule has 1 amide bonds. The number of aryl methyl sites for hydroxylation is 1. The molecule has 0 radical (unpaired) electrons. The molecular formula is C17H16N2O2. The van der Waals surface area contributed by atoms with Crippen molar-refractivity contribution in [1.29, 1.82) is 0 Å². The van der Waals surface area contributed by atoms with E-state index in [1.807, 2.05) is 25.2 Å². The molecule has 4 heteroatoms. The third kappa shape index (κ3) is 2.52. The van der Waals surface area contributed by atoms with E-state index in [1.54, 1.807) is 6.07 Å². The molecule has 0 saturated heterocycles. The summed E-state index contributed by atoms with van der Waals surface area (Å²) in [4.78, 5) is 25.0. The first-order valence-corrected chi connectivity index (χ1v) is 6.81. The lowest BCUT2D eigenvalue weighted by molar-refractivity contribution is -0.112. The Bertz CT molecular complexity index is 737. The molecule has 0 aliphatic carbocycles. The van der Waals surface area contributed by atoms with Gasteiger partial charge in [0.2, 0.25) is 0 Å². The number of nitrogens with zero attached hydrogens (tertiary/aromatic N) is 1. The van der Waals surface area contributed by atoms with Crippen LogP contribution in [0, 0.1) is 6.92 Å². The third-order valence-electron chi connectivity index (χ3n) is 3.65. The van der Waals surface area contributed by atoms with Crippen molar-refractivity contribution < 1.29 is 9.59 Å². The average Bonchev–Trinajstić information content (AvgIpc) is 2.73. The largest absolute Gasteiger partial charge is 0.370 e. The van der Waals surface area contributed by atoms with Crippen LogP contribution in [0.25, 0.3) is 0 Å². The van der Waals surface area contributed by atoms with Crippen LogP contribution in [0.3, 0.4) is 0 Å². The molecule has 0 spiro atoms. The van der Waals surface area contributed by atoms with Crippen LogP contribution in [-0.4, -0.2) is 18.7 Å². The van der Waals surface area contributed by atoms with Gasteiger partial charge in [0.15, 0.2) is 0 Å². The maximum absolute atomic E-state index is 11.6. The van der Waals surface area contributed by atoms with Gasteiger partial charge in [-0.15, -0.1) is 0 Å². The third-order valence-corrected chi connectivity index (χ3v) is 3.65. The van der Waals surface area contributed by atoms with Gasteiger partial charge in [0.1, 0.15) is 0 Å².